The molecule has 0 spiro atoms. The molecular weight excluding hydrogens is 468 g/mol. The molecule has 0 saturated carbocycles. The molecule has 0 aliphatic rings. The summed E-state index contributed by atoms with van der Waals surface area (Å²) >= 11 is 0. The van der Waals surface area contributed by atoms with Crippen molar-refractivity contribution in [2.24, 2.45) is 17.4 Å². The lowest BCUT2D eigenvalue weighted by molar-refractivity contribution is -0.143. The Kier molecular flexibility index (Phi) is 9.97. The number of aromatic amines is 1. The van der Waals surface area contributed by atoms with Crippen molar-refractivity contribution in [2.75, 3.05) is 0 Å². The fourth-order valence-electron chi connectivity index (χ4n) is 3.63. The molecule has 0 radical (unpaired) electrons. The first-order valence-electron chi connectivity index (χ1n) is 11.6. The Labute approximate surface area is 208 Å². The van der Waals surface area contributed by atoms with E-state index in [1.54, 1.807) is 20.0 Å². The minimum Gasteiger partial charge on any atom is -0.480 e. The molecule has 0 bridgehead atoms. The van der Waals surface area contributed by atoms with Gasteiger partial charge >= 0.3 is 5.97 Å². The fourth-order valence-corrected chi connectivity index (χ4v) is 3.63. The van der Waals surface area contributed by atoms with Gasteiger partial charge in [0.1, 0.15) is 18.1 Å². The first kappa shape index (κ1) is 28.3. The first-order valence-corrected chi connectivity index (χ1v) is 11.6. The predicted molar refractivity (Wildman–Crippen MR) is 132 cm³/mol. The van der Waals surface area contributed by atoms with Crippen molar-refractivity contribution in [1.29, 1.82) is 0 Å². The number of fused-ring (bicyclic) bond motifs is 1. The maximum atomic E-state index is 13.3. The fraction of sp³-hybridized carbons (Fsp3) is 0.458. The smallest absolute Gasteiger partial charge is 0.326 e. The average Bonchev–Trinajstić information content (AvgIpc) is 3.21. The zero-order valence-electron chi connectivity index (χ0n) is 20.5. The second kappa shape index (κ2) is 12.7. The van der Waals surface area contributed by atoms with Gasteiger partial charge in [-0.25, -0.2) is 4.79 Å². The SMILES string of the molecule is CC(N)C(=O)NC(Cc1c[nH]c2ccccc12)C(=O)NC(C(=O)NC(CCC(N)=O)C(=O)O)C(C)C. The third-order valence-electron chi connectivity index (χ3n) is 5.69. The van der Waals surface area contributed by atoms with E-state index in [4.69, 9.17) is 11.5 Å². The number of amides is 4. The molecule has 2 rings (SSSR count). The number of carboxylic acid groups (broad SMARTS) is 1. The Hall–Kier alpha value is -3.93. The summed E-state index contributed by atoms with van der Waals surface area (Å²) in [6.45, 7) is 4.84. The van der Waals surface area contributed by atoms with Gasteiger partial charge in [-0.05, 0) is 30.9 Å². The number of carbonyl (C=O) groups is 5. The van der Waals surface area contributed by atoms with Gasteiger partial charge in [-0.2, -0.15) is 0 Å². The zero-order chi connectivity index (χ0) is 27.0. The topological polar surface area (TPSA) is 209 Å². The third-order valence-corrected chi connectivity index (χ3v) is 5.69. The lowest BCUT2D eigenvalue weighted by atomic mass is 10.00. The molecular formula is C24H34N6O6. The summed E-state index contributed by atoms with van der Waals surface area (Å²) in [6, 6.07) is 3.09. The highest BCUT2D eigenvalue weighted by atomic mass is 16.4. The van der Waals surface area contributed by atoms with Crippen LogP contribution in [0.4, 0.5) is 0 Å². The normalized spacial score (nSPS) is 14.5. The van der Waals surface area contributed by atoms with Gasteiger partial charge in [-0.15, -0.1) is 0 Å². The van der Waals surface area contributed by atoms with Crippen LogP contribution in [-0.4, -0.2) is 63.9 Å². The van der Waals surface area contributed by atoms with Crippen molar-refractivity contribution in [3.05, 3.63) is 36.0 Å². The van der Waals surface area contributed by atoms with Crippen molar-refractivity contribution < 1.29 is 29.1 Å². The number of primary amides is 1. The number of rotatable bonds is 13. The number of hydrogen-bond donors (Lipinski definition) is 7. The summed E-state index contributed by atoms with van der Waals surface area (Å²) < 4.78 is 0. The summed E-state index contributed by atoms with van der Waals surface area (Å²) in [5.41, 5.74) is 12.4. The molecule has 12 heteroatoms. The molecule has 196 valence electrons. The minimum absolute atomic E-state index is 0.122. The van der Waals surface area contributed by atoms with E-state index in [-0.39, 0.29) is 19.3 Å². The van der Waals surface area contributed by atoms with E-state index < -0.39 is 59.7 Å². The molecule has 1 aromatic heterocycles. The van der Waals surface area contributed by atoms with Crippen LogP contribution in [0.25, 0.3) is 10.9 Å². The maximum absolute atomic E-state index is 13.3. The van der Waals surface area contributed by atoms with E-state index >= 15 is 0 Å². The van der Waals surface area contributed by atoms with E-state index in [0.717, 1.165) is 16.5 Å². The van der Waals surface area contributed by atoms with E-state index in [1.165, 1.54) is 6.92 Å². The first-order chi connectivity index (χ1) is 16.9. The molecule has 4 amide bonds. The summed E-state index contributed by atoms with van der Waals surface area (Å²) in [5.74, 6) is -4.36. The molecule has 0 aliphatic carbocycles. The molecule has 0 aliphatic heterocycles. The number of hydrogen-bond acceptors (Lipinski definition) is 6. The van der Waals surface area contributed by atoms with Crippen LogP contribution in [0.3, 0.4) is 0 Å². The van der Waals surface area contributed by atoms with Gasteiger partial charge in [0.2, 0.25) is 23.6 Å². The summed E-state index contributed by atoms with van der Waals surface area (Å²) in [5, 5.41) is 17.9. The van der Waals surface area contributed by atoms with Gasteiger partial charge in [-0.1, -0.05) is 32.0 Å². The Bertz CT molecular complexity index is 1110. The largest absolute Gasteiger partial charge is 0.480 e. The van der Waals surface area contributed by atoms with E-state index in [1.807, 2.05) is 24.3 Å². The van der Waals surface area contributed by atoms with Crippen LogP contribution in [0.1, 0.15) is 39.2 Å². The minimum atomic E-state index is -1.36. The molecule has 1 heterocycles. The van der Waals surface area contributed by atoms with Crippen molar-refractivity contribution in [1.82, 2.24) is 20.9 Å². The summed E-state index contributed by atoms with van der Waals surface area (Å²) in [4.78, 5) is 64.2. The van der Waals surface area contributed by atoms with Crippen molar-refractivity contribution in [3.8, 4) is 0 Å². The van der Waals surface area contributed by atoms with Crippen molar-refractivity contribution in [3.63, 3.8) is 0 Å². The van der Waals surface area contributed by atoms with Gasteiger partial charge in [0.15, 0.2) is 0 Å². The van der Waals surface area contributed by atoms with E-state index in [9.17, 15) is 29.1 Å². The van der Waals surface area contributed by atoms with Gasteiger partial charge in [-0.3, -0.25) is 19.2 Å². The number of benzene rings is 1. The number of carbonyl (C=O) groups excluding carboxylic acids is 4. The molecule has 36 heavy (non-hydrogen) atoms. The molecule has 2 aromatic rings. The highest BCUT2D eigenvalue weighted by Gasteiger charge is 2.32. The zero-order valence-corrected chi connectivity index (χ0v) is 20.5. The van der Waals surface area contributed by atoms with Crippen LogP contribution in [0.5, 0.6) is 0 Å². The number of H-pyrrole nitrogens is 1. The standard InChI is InChI=1S/C24H34N6O6/c1-12(2)20(23(34)28-17(24(35)36)8-9-19(26)31)30-22(33)18(29-21(32)13(3)25)10-14-11-27-16-7-5-4-6-15(14)16/h4-7,11-13,17-18,20,27H,8-10,25H2,1-3H3,(H2,26,31)(H,28,34)(H,29,32)(H,30,33)(H,35,36). The number of nitrogens with one attached hydrogen (secondary N) is 4. The van der Waals surface area contributed by atoms with Crippen LogP contribution >= 0.6 is 0 Å². The molecule has 0 fully saturated rings. The van der Waals surface area contributed by atoms with Crippen LogP contribution in [-0.2, 0) is 30.4 Å². The Morgan fingerprint density at radius 2 is 1.58 bits per heavy atom. The van der Waals surface area contributed by atoms with E-state index in [0.29, 0.717) is 0 Å². The van der Waals surface area contributed by atoms with Crippen LogP contribution in [0, 0.1) is 5.92 Å². The van der Waals surface area contributed by atoms with Crippen LogP contribution in [0.2, 0.25) is 0 Å². The maximum Gasteiger partial charge on any atom is 0.326 e. The third kappa shape index (κ3) is 7.80. The predicted octanol–water partition coefficient (Wildman–Crippen LogP) is -0.482. The average molecular weight is 503 g/mol. The van der Waals surface area contributed by atoms with Crippen LogP contribution in [0.15, 0.2) is 30.5 Å². The second-order valence-electron chi connectivity index (χ2n) is 9.05. The van der Waals surface area contributed by atoms with Crippen LogP contribution < -0.4 is 27.4 Å². The molecule has 12 nitrogen and oxygen atoms in total. The summed E-state index contributed by atoms with van der Waals surface area (Å²) in [7, 11) is 0. The summed E-state index contributed by atoms with van der Waals surface area (Å²) in [6.07, 6.45) is 1.44. The Morgan fingerprint density at radius 1 is 0.944 bits per heavy atom. The lowest BCUT2D eigenvalue weighted by Crippen LogP contribution is -2.58. The van der Waals surface area contributed by atoms with Crippen molar-refractivity contribution >= 4 is 40.5 Å². The second-order valence-corrected chi connectivity index (χ2v) is 9.05. The molecule has 4 unspecified atom stereocenters. The molecule has 9 N–H and O–H groups in total. The molecule has 4 atom stereocenters. The van der Waals surface area contributed by atoms with Gasteiger partial charge in [0, 0.05) is 29.9 Å². The Morgan fingerprint density at radius 3 is 2.17 bits per heavy atom. The number of nitrogens with two attached hydrogens (primary N) is 2. The number of para-hydroxylation sites is 1. The quantitative estimate of drug-likeness (QED) is 0.191. The van der Waals surface area contributed by atoms with Crippen molar-refractivity contribution in [2.45, 2.75) is 64.2 Å². The monoisotopic (exact) mass is 502 g/mol. The molecule has 0 saturated heterocycles. The number of aliphatic carboxylic acids is 1. The highest BCUT2D eigenvalue weighted by molar-refractivity contribution is 5.95. The van der Waals surface area contributed by atoms with Gasteiger partial charge < -0.3 is 37.5 Å². The van der Waals surface area contributed by atoms with Gasteiger partial charge in [0.25, 0.3) is 0 Å². The molecule has 1 aromatic carbocycles. The lowest BCUT2D eigenvalue weighted by Gasteiger charge is -2.27. The highest BCUT2D eigenvalue weighted by Crippen LogP contribution is 2.19. The number of carboxylic acids is 1. The Balaban J connectivity index is 2.23. The van der Waals surface area contributed by atoms with E-state index in [2.05, 4.69) is 20.9 Å². The number of aromatic nitrogens is 1. The van der Waals surface area contributed by atoms with Gasteiger partial charge in [0.05, 0.1) is 6.04 Å².